The van der Waals surface area contributed by atoms with Gasteiger partial charge in [0.2, 0.25) is 0 Å². The van der Waals surface area contributed by atoms with E-state index in [1.165, 1.54) is 6.42 Å². The van der Waals surface area contributed by atoms with Crippen LogP contribution in [0, 0.1) is 22.7 Å². The maximum atomic E-state index is 10.1. The fourth-order valence-electron chi connectivity index (χ4n) is 7.57. The van der Waals surface area contributed by atoms with E-state index in [1.807, 2.05) is 13.8 Å². The number of ether oxygens (including phenoxy) is 3. The highest BCUT2D eigenvalue weighted by Gasteiger charge is 2.70. The molecule has 0 unspecified atom stereocenters. The molecular weight excluding hydrogens is 356 g/mol. The van der Waals surface area contributed by atoms with Crippen LogP contribution in [-0.4, -0.2) is 53.1 Å². The van der Waals surface area contributed by atoms with E-state index in [1.54, 1.807) is 0 Å². The first-order valence-corrected chi connectivity index (χ1v) is 11.3. The van der Waals surface area contributed by atoms with Crippen molar-refractivity contribution in [1.82, 2.24) is 0 Å². The Balaban J connectivity index is 1.70. The van der Waals surface area contributed by atoms with Crippen LogP contribution in [0.25, 0.3) is 0 Å². The quantitative estimate of drug-likeness (QED) is 0.762. The van der Waals surface area contributed by atoms with Crippen molar-refractivity contribution in [3.63, 3.8) is 0 Å². The molecule has 2 saturated heterocycles. The molecule has 0 aromatic heterocycles. The number of hydrogen-bond donors (Lipinski definition) is 2. The van der Waals surface area contributed by atoms with Crippen molar-refractivity contribution < 1.29 is 24.4 Å². The summed E-state index contributed by atoms with van der Waals surface area (Å²) in [6.07, 6.45) is 6.95. The van der Waals surface area contributed by atoms with Gasteiger partial charge < -0.3 is 24.4 Å². The van der Waals surface area contributed by atoms with E-state index >= 15 is 0 Å². The average Bonchev–Trinajstić information content (AvgIpc) is 3.03. The standard InChI is InChI=1S/C23H40O5/c1-16-6-7-17-20(4)15-26-19(2,3)27-18(20)8-9-21(17,5)23(16)11-10-22(14-25,28-23)12-13-24/h16-18,24-25H,6-15H2,1-5H3/t16-,17-,18-,20+,21+,22+,23-/m1/s1. The van der Waals surface area contributed by atoms with Crippen molar-refractivity contribution >= 4 is 0 Å². The van der Waals surface area contributed by atoms with Gasteiger partial charge in [-0.15, -0.1) is 0 Å². The second-order valence-corrected chi connectivity index (χ2v) is 11.1. The lowest BCUT2D eigenvalue weighted by molar-refractivity contribution is -0.359. The van der Waals surface area contributed by atoms with Gasteiger partial charge in [0, 0.05) is 23.9 Å². The Morgan fingerprint density at radius 3 is 2.39 bits per heavy atom. The number of fused-ring (bicyclic) bond motifs is 4. The van der Waals surface area contributed by atoms with E-state index in [2.05, 4.69) is 20.8 Å². The molecule has 0 amide bonds. The minimum absolute atomic E-state index is 0.0108. The smallest absolute Gasteiger partial charge is 0.163 e. The third kappa shape index (κ3) is 2.76. The molecule has 4 rings (SSSR count). The third-order valence-corrected chi connectivity index (χ3v) is 9.24. The molecule has 2 aliphatic heterocycles. The van der Waals surface area contributed by atoms with Crippen molar-refractivity contribution in [3.8, 4) is 0 Å². The summed E-state index contributed by atoms with van der Waals surface area (Å²) in [5.41, 5.74) is -0.820. The Morgan fingerprint density at radius 1 is 0.964 bits per heavy atom. The van der Waals surface area contributed by atoms with E-state index in [0.717, 1.165) is 38.7 Å². The second-order valence-electron chi connectivity index (χ2n) is 11.1. The van der Waals surface area contributed by atoms with Crippen LogP contribution in [-0.2, 0) is 14.2 Å². The molecule has 2 aliphatic carbocycles. The summed E-state index contributed by atoms with van der Waals surface area (Å²) in [6, 6.07) is 0. The van der Waals surface area contributed by atoms with Gasteiger partial charge in [-0.1, -0.05) is 20.8 Å². The minimum Gasteiger partial charge on any atom is -0.396 e. The summed E-state index contributed by atoms with van der Waals surface area (Å²) in [7, 11) is 0. The van der Waals surface area contributed by atoms with Crippen LogP contribution >= 0.6 is 0 Å². The van der Waals surface area contributed by atoms with Gasteiger partial charge in [-0.05, 0) is 64.2 Å². The maximum absolute atomic E-state index is 10.1. The van der Waals surface area contributed by atoms with E-state index in [9.17, 15) is 10.2 Å². The molecule has 5 nitrogen and oxygen atoms in total. The zero-order valence-electron chi connectivity index (χ0n) is 18.4. The van der Waals surface area contributed by atoms with Gasteiger partial charge >= 0.3 is 0 Å². The Morgan fingerprint density at radius 2 is 1.71 bits per heavy atom. The Labute approximate surface area is 170 Å². The molecule has 2 N–H and O–H groups in total. The molecule has 4 fully saturated rings. The van der Waals surface area contributed by atoms with Gasteiger partial charge in [0.25, 0.3) is 0 Å². The van der Waals surface area contributed by atoms with Crippen molar-refractivity contribution in [1.29, 1.82) is 0 Å². The molecular formula is C23H40O5. The second kappa shape index (κ2) is 6.65. The number of aliphatic hydroxyl groups is 2. The summed E-state index contributed by atoms with van der Waals surface area (Å²) >= 11 is 0. The first kappa shape index (κ1) is 21.0. The summed E-state index contributed by atoms with van der Waals surface area (Å²) in [4.78, 5) is 0. The fraction of sp³-hybridized carbons (Fsp3) is 1.00. The monoisotopic (exact) mass is 396 g/mol. The SMILES string of the molecule is C[C@@H]1CC[C@@H]2[C@]3(C)COC(C)(C)O[C@@H]3CC[C@]2(C)[C@@]12CC[C@@](CO)(CCO)O2. The zero-order chi connectivity index (χ0) is 20.4. The van der Waals surface area contributed by atoms with Gasteiger partial charge in [-0.2, -0.15) is 0 Å². The summed E-state index contributed by atoms with van der Waals surface area (Å²) in [5.74, 6) is 0.409. The van der Waals surface area contributed by atoms with Crippen molar-refractivity contribution in [2.45, 2.75) is 103 Å². The van der Waals surface area contributed by atoms with Crippen LogP contribution in [0.5, 0.6) is 0 Å². The molecule has 2 saturated carbocycles. The molecule has 2 heterocycles. The largest absolute Gasteiger partial charge is 0.396 e. The third-order valence-electron chi connectivity index (χ3n) is 9.24. The normalized spacial score (nSPS) is 53.0. The summed E-state index contributed by atoms with van der Waals surface area (Å²) in [5, 5.41) is 19.7. The topological polar surface area (TPSA) is 68.2 Å². The van der Waals surface area contributed by atoms with Crippen molar-refractivity contribution in [3.05, 3.63) is 0 Å². The van der Waals surface area contributed by atoms with Crippen molar-refractivity contribution in [2.75, 3.05) is 19.8 Å². The highest BCUT2D eigenvalue weighted by molar-refractivity contribution is 5.18. The minimum atomic E-state index is -0.590. The Bertz CT molecular complexity index is 608. The van der Waals surface area contributed by atoms with Crippen LogP contribution < -0.4 is 0 Å². The molecule has 0 aromatic rings. The van der Waals surface area contributed by atoms with Gasteiger partial charge in [0.05, 0.1) is 30.5 Å². The molecule has 162 valence electrons. The van der Waals surface area contributed by atoms with Crippen LogP contribution in [0.15, 0.2) is 0 Å². The average molecular weight is 397 g/mol. The zero-order valence-corrected chi connectivity index (χ0v) is 18.4. The number of hydrogen-bond acceptors (Lipinski definition) is 5. The van der Waals surface area contributed by atoms with E-state index < -0.39 is 11.4 Å². The van der Waals surface area contributed by atoms with Gasteiger partial charge in [-0.3, -0.25) is 0 Å². The molecule has 5 heteroatoms. The lowest BCUT2D eigenvalue weighted by atomic mass is 9.43. The molecule has 4 aliphatic rings. The lowest BCUT2D eigenvalue weighted by Gasteiger charge is -2.67. The van der Waals surface area contributed by atoms with Gasteiger partial charge in [0.15, 0.2) is 5.79 Å². The summed E-state index contributed by atoms with van der Waals surface area (Å²) < 4.78 is 19.5. The molecule has 28 heavy (non-hydrogen) atoms. The predicted octanol–water partition coefficient (Wildman–Crippen LogP) is 3.65. The Kier molecular flexibility index (Phi) is 5.00. The number of aliphatic hydroxyl groups excluding tert-OH is 2. The van der Waals surface area contributed by atoms with Crippen LogP contribution in [0.4, 0.5) is 0 Å². The molecule has 1 spiro atoms. The first-order chi connectivity index (χ1) is 13.1. The van der Waals surface area contributed by atoms with E-state index in [-0.39, 0.29) is 35.7 Å². The summed E-state index contributed by atoms with van der Waals surface area (Å²) in [6.45, 7) is 12.0. The first-order valence-electron chi connectivity index (χ1n) is 11.3. The van der Waals surface area contributed by atoms with Gasteiger partial charge in [-0.25, -0.2) is 0 Å². The lowest BCUT2D eigenvalue weighted by Crippen LogP contribution is -2.69. The molecule has 0 radical (unpaired) electrons. The van der Waals surface area contributed by atoms with Crippen LogP contribution in [0.1, 0.15) is 79.6 Å². The molecule has 0 bridgehead atoms. The Hall–Kier alpha value is -0.200. The maximum Gasteiger partial charge on any atom is 0.163 e. The van der Waals surface area contributed by atoms with Crippen molar-refractivity contribution in [2.24, 2.45) is 22.7 Å². The van der Waals surface area contributed by atoms with Gasteiger partial charge in [0.1, 0.15) is 0 Å². The highest BCUT2D eigenvalue weighted by atomic mass is 16.7. The fourth-order valence-corrected chi connectivity index (χ4v) is 7.57. The van der Waals surface area contributed by atoms with Crippen LogP contribution in [0.2, 0.25) is 0 Å². The van der Waals surface area contributed by atoms with E-state index in [4.69, 9.17) is 14.2 Å². The number of rotatable bonds is 3. The molecule has 0 aromatic carbocycles. The molecule has 7 atom stereocenters. The van der Waals surface area contributed by atoms with E-state index in [0.29, 0.717) is 18.3 Å². The van der Waals surface area contributed by atoms with Crippen LogP contribution in [0.3, 0.4) is 0 Å². The predicted molar refractivity (Wildman–Crippen MR) is 107 cm³/mol. The highest BCUT2D eigenvalue weighted by Crippen LogP contribution is 2.69.